The smallest absolute Gasteiger partial charge is 0.349 e. The van der Waals surface area contributed by atoms with Gasteiger partial charge in [-0.1, -0.05) is 0 Å². The van der Waals surface area contributed by atoms with E-state index in [1.165, 1.54) is 6.33 Å². The maximum Gasteiger partial charge on any atom is 0.349 e. The zero-order valence-corrected chi connectivity index (χ0v) is 15.2. The van der Waals surface area contributed by atoms with Gasteiger partial charge in [-0.3, -0.25) is 9.59 Å². The van der Waals surface area contributed by atoms with Crippen LogP contribution in [-0.2, 0) is 13.0 Å². The summed E-state index contributed by atoms with van der Waals surface area (Å²) in [5, 5.41) is 3.29. The van der Waals surface area contributed by atoms with E-state index in [1.54, 1.807) is 11.8 Å². The van der Waals surface area contributed by atoms with Crippen LogP contribution in [0.25, 0.3) is 0 Å². The van der Waals surface area contributed by atoms with Crippen molar-refractivity contribution in [2.24, 2.45) is 0 Å². The molecule has 1 saturated heterocycles. The molecule has 1 fully saturated rings. The van der Waals surface area contributed by atoms with Gasteiger partial charge in [-0.05, 0) is 50.9 Å². The van der Waals surface area contributed by atoms with Crippen molar-refractivity contribution >= 4 is 5.91 Å². The Morgan fingerprint density at radius 1 is 1.30 bits per heavy atom. The molecule has 2 N–H and O–H groups in total. The molecule has 0 unspecified atom stereocenters. The van der Waals surface area contributed by atoms with E-state index in [-0.39, 0.29) is 29.5 Å². The van der Waals surface area contributed by atoms with E-state index in [1.807, 2.05) is 6.07 Å². The fourth-order valence-corrected chi connectivity index (χ4v) is 3.89. The summed E-state index contributed by atoms with van der Waals surface area (Å²) in [5.41, 5.74) is 1.13. The number of rotatable bonds is 2. The van der Waals surface area contributed by atoms with Gasteiger partial charge in [-0.2, -0.15) is 0 Å². The quantitative estimate of drug-likeness (QED) is 0.805. The van der Waals surface area contributed by atoms with Gasteiger partial charge in [-0.25, -0.2) is 9.78 Å². The average molecular weight is 370 g/mol. The lowest BCUT2D eigenvalue weighted by Gasteiger charge is -2.28. The number of carbonyl (C=O) groups excluding carboxylic acids is 1. The summed E-state index contributed by atoms with van der Waals surface area (Å²) in [7, 11) is 0. The van der Waals surface area contributed by atoms with Gasteiger partial charge in [0, 0.05) is 18.0 Å². The molecule has 0 radical (unpaired) electrons. The number of nitrogens with one attached hydrogen (secondary N) is 2. The number of amides is 1. The molecule has 2 aliphatic rings. The summed E-state index contributed by atoms with van der Waals surface area (Å²) in [4.78, 5) is 45.7. The lowest BCUT2D eigenvalue weighted by atomic mass is 9.94. The number of aromatic nitrogens is 2. The van der Waals surface area contributed by atoms with Crippen molar-refractivity contribution in [3.63, 3.8) is 0 Å². The molecule has 0 bridgehead atoms. The van der Waals surface area contributed by atoms with E-state index in [2.05, 4.69) is 15.3 Å². The highest BCUT2D eigenvalue weighted by Gasteiger charge is 2.28. The molecule has 0 aromatic carbocycles. The summed E-state index contributed by atoms with van der Waals surface area (Å²) in [6.07, 6.45) is 3.59. The van der Waals surface area contributed by atoms with Crippen molar-refractivity contribution in [1.29, 1.82) is 0 Å². The van der Waals surface area contributed by atoms with Crippen LogP contribution in [0.15, 0.2) is 26.4 Å². The predicted octanol–water partition coefficient (Wildman–Crippen LogP) is 0.697. The van der Waals surface area contributed by atoms with E-state index in [4.69, 9.17) is 4.42 Å². The third-order valence-electron chi connectivity index (χ3n) is 5.42. The third kappa shape index (κ3) is 3.32. The van der Waals surface area contributed by atoms with Gasteiger partial charge in [-0.15, -0.1) is 0 Å². The van der Waals surface area contributed by atoms with E-state index in [9.17, 15) is 14.4 Å². The molecule has 4 rings (SSSR count). The molecule has 2 aliphatic heterocycles. The molecule has 27 heavy (non-hydrogen) atoms. The van der Waals surface area contributed by atoms with Crippen molar-refractivity contribution in [2.75, 3.05) is 19.6 Å². The summed E-state index contributed by atoms with van der Waals surface area (Å²) in [5.74, 6) is 0.498. The fraction of sp³-hybridized carbons (Fsp3) is 0.474. The molecule has 8 nitrogen and oxygen atoms in total. The molecular weight excluding hydrogens is 348 g/mol. The molecular formula is C19H22N4O4. The molecule has 2 aromatic heterocycles. The second kappa shape index (κ2) is 7.11. The Hall–Kier alpha value is -2.74. The molecule has 1 amide bonds. The minimum absolute atomic E-state index is 0.0703. The average Bonchev–Trinajstić information content (AvgIpc) is 2.68. The maximum absolute atomic E-state index is 13.0. The lowest BCUT2D eigenvalue weighted by Crippen LogP contribution is -2.41. The molecule has 142 valence electrons. The van der Waals surface area contributed by atoms with Crippen molar-refractivity contribution in [2.45, 2.75) is 38.6 Å². The number of carbonyl (C=O) groups is 1. The number of nitrogens with zero attached hydrogens (tertiary/aromatic N) is 2. The van der Waals surface area contributed by atoms with E-state index < -0.39 is 5.63 Å². The second-order valence-corrected chi connectivity index (χ2v) is 7.15. The van der Waals surface area contributed by atoms with E-state index in [0.29, 0.717) is 35.5 Å². The van der Waals surface area contributed by atoms with Crippen LogP contribution in [0.3, 0.4) is 0 Å². The summed E-state index contributed by atoms with van der Waals surface area (Å²) in [6.45, 7) is 4.15. The summed E-state index contributed by atoms with van der Waals surface area (Å²) >= 11 is 0. The number of aryl methyl sites for hydroxylation is 1. The Labute approximate surface area is 155 Å². The van der Waals surface area contributed by atoms with E-state index >= 15 is 0 Å². The standard InChI is InChI=1S/C19H22N4O4/c1-11-8-15(12-2-5-20-6-3-12)27-19(26)16(11)18(25)23-7-4-13-14(9-23)21-10-22-17(13)24/h8,10,12,20H,2-7,9H2,1H3,(H,21,22,24). The van der Waals surface area contributed by atoms with Gasteiger partial charge in [0.15, 0.2) is 0 Å². The number of hydrogen-bond acceptors (Lipinski definition) is 6. The topological polar surface area (TPSA) is 108 Å². The van der Waals surface area contributed by atoms with Crippen LogP contribution in [0.4, 0.5) is 0 Å². The minimum Gasteiger partial charge on any atom is -0.427 e. The molecule has 8 heteroatoms. The first-order valence-corrected chi connectivity index (χ1v) is 9.24. The Kier molecular flexibility index (Phi) is 4.65. The molecule has 2 aromatic rings. The maximum atomic E-state index is 13.0. The fourth-order valence-electron chi connectivity index (χ4n) is 3.89. The highest BCUT2D eigenvalue weighted by Crippen LogP contribution is 2.26. The number of H-pyrrole nitrogens is 1. The number of hydrogen-bond donors (Lipinski definition) is 2. The number of aromatic amines is 1. The molecule has 4 heterocycles. The van der Waals surface area contributed by atoms with Crippen LogP contribution in [0.5, 0.6) is 0 Å². The Balaban J connectivity index is 1.61. The van der Waals surface area contributed by atoms with Crippen molar-refractivity contribution in [3.8, 4) is 0 Å². The molecule has 0 atom stereocenters. The Bertz CT molecular complexity index is 988. The van der Waals surface area contributed by atoms with Crippen LogP contribution < -0.4 is 16.5 Å². The normalized spacial score (nSPS) is 17.6. The first-order chi connectivity index (χ1) is 13.0. The third-order valence-corrected chi connectivity index (χ3v) is 5.42. The molecule has 0 aliphatic carbocycles. The van der Waals surface area contributed by atoms with Crippen molar-refractivity contribution in [1.82, 2.24) is 20.2 Å². The predicted molar refractivity (Wildman–Crippen MR) is 97.9 cm³/mol. The second-order valence-electron chi connectivity index (χ2n) is 7.15. The van der Waals surface area contributed by atoms with Crippen LogP contribution in [0.2, 0.25) is 0 Å². The van der Waals surface area contributed by atoms with Crippen LogP contribution in [0.1, 0.15) is 51.7 Å². The largest absolute Gasteiger partial charge is 0.427 e. The van der Waals surface area contributed by atoms with Gasteiger partial charge in [0.05, 0.1) is 18.6 Å². The number of piperidine rings is 1. The van der Waals surface area contributed by atoms with Gasteiger partial charge in [0.1, 0.15) is 11.3 Å². The van der Waals surface area contributed by atoms with Crippen LogP contribution in [-0.4, -0.2) is 40.4 Å². The zero-order chi connectivity index (χ0) is 19.0. The Morgan fingerprint density at radius 3 is 2.81 bits per heavy atom. The first kappa shape index (κ1) is 17.7. The van der Waals surface area contributed by atoms with Crippen LogP contribution in [0, 0.1) is 6.92 Å². The SMILES string of the molecule is Cc1cc(C2CCNCC2)oc(=O)c1C(=O)N1CCc2c(nc[nH]c2=O)C1. The first-order valence-electron chi connectivity index (χ1n) is 9.24. The van der Waals surface area contributed by atoms with Gasteiger partial charge >= 0.3 is 5.63 Å². The summed E-state index contributed by atoms with van der Waals surface area (Å²) < 4.78 is 5.53. The van der Waals surface area contributed by atoms with E-state index in [0.717, 1.165) is 25.9 Å². The molecule has 0 saturated carbocycles. The summed E-state index contributed by atoms with van der Waals surface area (Å²) in [6, 6.07) is 1.82. The van der Waals surface area contributed by atoms with Crippen molar-refractivity contribution < 1.29 is 9.21 Å². The zero-order valence-electron chi connectivity index (χ0n) is 15.2. The molecule has 0 spiro atoms. The highest BCUT2D eigenvalue weighted by atomic mass is 16.4. The van der Waals surface area contributed by atoms with Gasteiger partial charge < -0.3 is 19.6 Å². The minimum atomic E-state index is -0.585. The number of fused-ring (bicyclic) bond motifs is 1. The Morgan fingerprint density at radius 2 is 2.07 bits per heavy atom. The lowest BCUT2D eigenvalue weighted by molar-refractivity contribution is 0.0725. The van der Waals surface area contributed by atoms with Gasteiger partial charge in [0.25, 0.3) is 11.5 Å². The monoisotopic (exact) mass is 370 g/mol. The van der Waals surface area contributed by atoms with Crippen LogP contribution >= 0.6 is 0 Å². The van der Waals surface area contributed by atoms with Crippen molar-refractivity contribution in [3.05, 3.63) is 61.3 Å². The highest BCUT2D eigenvalue weighted by molar-refractivity contribution is 5.95. The van der Waals surface area contributed by atoms with Gasteiger partial charge in [0.2, 0.25) is 0 Å².